The van der Waals surface area contributed by atoms with Crippen molar-refractivity contribution in [2.75, 3.05) is 0 Å². The summed E-state index contributed by atoms with van der Waals surface area (Å²) in [5.41, 5.74) is 0. The Morgan fingerprint density at radius 1 is 1.75 bits per heavy atom. The third-order valence-electron chi connectivity index (χ3n) is 0.314. The van der Waals surface area contributed by atoms with Crippen molar-refractivity contribution in [3.05, 3.63) is 0 Å². The second-order valence-electron chi connectivity index (χ2n) is 0.877. The van der Waals surface area contributed by atoms with Gasteiger partial charge in [-0.15, -0.1) is 0 Å². The number of rotatable bonds is 1. The second kappa shape index (κ2) is 2.36. The molecule has 0 aliphatic rings. The quantitative estimate of drug-likeness (QED) is 0.381. The molecule has 0 bridgehead atoms. The normalized spacial score (nSPS) is 11.0. The average Bonchev–Trinajstić information content (AvgIpc) is 1.62. The van der Waals surface area contributed by atoms with Gasteiger partial charge in [0, 0.05) is 15.9 Å². The zero-order valence-electron chi connectivity index (χ0n) is 3.40. The van der Waals surface area contributed by atoms with Gasteiger partial charge in [-0.25, -0.2) is 4.79 Å². The van der Waals surface area contributed by atoms with Gasteiger partial charge in [0.05, 0.1) is 0 Å². The summed E-state index contributed by atoms with van der Waals surface area (Å²) in [6, 6.07) is 0. The summed E-state index contributed by atoms with van der Waals surface area (Å²) < 4.78 is 22.8. The van der Waals surface area contributed by atoms with Crippen LogP contribution in [0.25, 0.3) is 0 Å². The maximum atomic E-state index is 11.4. The Morgan fingerprint density at radius 3 is 2.12 bits per heavy atom. The van der Waals surface area contributed by atoms with Gasteiger partial charge in [0.25, 0.3) is 0 Å². The predicted molar refractivity (Wildman–Crippen MR) is 22.6 cm³/mol. The molecule has 0 atom stereocenters. The topological polar surface area (TPSA) is 46.5 Å². The number of carbonyl (C=O) groups is 1. The van der Waals surface area contributed by atoms with E-state index in [4.69, 9.17) is 5.26 Å². The Hall–Kier alpha value is -0.230. The Labute approximate surface area is 51.3 Å². The van der Waals surface area contributed by atoms with Crippen LogP contribution in [0, 0.1) is 0 Å². The van der Waals surface area contributed by atoms with Gasteiger partial charge in [-0.2, -0.15) is 14.0 Å². The number of hydrogen-bond donors (Lipinski definition) is 1. The first-order valence-electron chi connectivity index (χ1n) is 1.41. The van der Waals surface area contributed by atoms with E-state index in [1.165, 1.54) is 0 Å². The molecular weight excluding hydrogens is 190 g/mol. The highest BCUT2D eigenvalue weighted by atomic mass is 79.9. The minimum Gasteiger partial charge on any atom is -0.293 e. The van der Waals surface area contributed by atoms with E-state index < -0.39 is 10.8 Å². The molecule has 0 aromatic rings. The molecule has 0 aliphatic carbocycles. The van der Waals surface area contributed by atoms with Crippen LogP contribution < -0.4 is 0 Å². The van der Waals surface area contributed by atoms with E-state index in [0.29, 0.717) is 0 Å². The van der Waals surface area contributed by atoms with Crippen molar-refractivity contribution in [2.24, 2.45) is 0 Å². The molecule has 0 radical (unpaired) electrons. The Morgan fingerprint density at radius 2 is 2.12 bits per heavy atom. The highest BCUT2D eigenvalue weighted by molar-refractivity contribution is 9.10. The van der Waals surface area contributed by atoms with Crippen molar-refractivity contribution >= 4 is 21.9 Å². The van der Waals surface area contributed by atoms with Gasteiger partial charge in [-0.1, -0.05) is 0 Å². The van der Waals surface area contributed by atoms with Crippen molar-refractivity contribution in [2.45, 2.75) is 4.83 Å². The van der Waals surface area contributed by atoms with E-state index in [2.05, 4.69) is 4.89 Å². The summed E-state index contributed by atoms with van der Waals surface area (Å²) in [5, 5.41) is 7.31. The van der Waals surface area contributed by atoms with Crippen LogP contribution in [0.15, 0.2) is 0 Å². The third-order valence-corrected chi connectivity index (χ3v) is 0.638. The maximum absolute atomic E-state index is 11.4. The van der Waals surface area contributed by atoms with Gasteiger partial charge in [-0.05, 0) is 0 Å². The Balaban J connectivity index is 3.82. The minimum absolute atomic E-state index is 1.64. The largest absolute Gasteiger partial charge is 0.422 e. The van der Waals surface area contributed by atoms with Crippen LogP contribution in [0.2, 0.25) is 0 Å². The molecule has 0 saturated heterocycles. The van der Waals surface area contributed by atoms with Crippen LogP contribution in [0.1, 0.15) is 0 Å². The first-order chi connectivity index (χ1) is 3.48. The fourth-order valence-corrected chi connectivity index (χ4v) is 0.124. The number of carbonyl (C=O) groups excluding carboxylic acids is 1. The van der Waals surface area contributed by atoms with Crippen LogP contribution in [-0.4, -0.2) is 16.1 Å². The van der Waals surface area contributed by atoms with E-state index in [-0.39, 0.29) is 0 Å². The lowest BCUT2D eigenvalue weighted by Gasteiger charge is -1.99. The summed E-state index contributed by atoms with van der Waals surface area (Å²) in [7, 11) is 0. The van der Waals surface area contributed by atoms with Gasteiger partial charge < -0.3 is 0 Å². The minimum atomic E-state index is -3.79. The summed E-state index contributed by atoms with van der Waals surface area (Å²) in [6.07, 6.45) is 0. The Bertz CT molecular complexity index is 97.9. The third kappa shape index (κ3) is 2.17. The van der Waals surface area contributed by atoms with Crippen molar-refractivity contribution in [3.8, 4) is 0 Å². The van der Waals surface area contributed by atoms with Crippen LogP contribution in [0.4, 0.5) is 8.78 Å². The summed E-state index contributed by atoms with van der Waals surface area (Å²) in [5.74, 6) is -2.03. The molecule has 0 unspecified atom stereocenters. The van der Waals surface area contributed by atoms with Crippen LogP contribution in [0.5, 0.6) is 0 Å². The second-order valence-corrected chi connectivity index (χ2v) is 1.87. The zero-order valence-corrected chi connectivity index (χ0v) is 4.98. The SMILES string of the molecule is O=C(OO)C(F)(F)Br. The smallest absolute Gasteiger partial charge is 0.293 e. The first-order valence-corrected chi connectivity index (χ1v) is 2.20. The molecule has 0 amide bonds. The van der Waals surface area contributed by atoms with E-state index in [0.717, 1.165) is 0 Å². The molecule has 0 aromatic carbocycles. The van der Waals surface area contributed by atoms with Crippen LogP contribution >= 0.6 is 15.9 Å². The van der Waals surface area contributed by atoms with Crippen molar-refractivity contribution in [3.63, 3.8) is 0 Å². The Kier molecular flexibility index (Phi) is 2.29. The summed E-state index contributed by atoms with van der Waals surface area (Å²) in [4.78, 5) is 8.45. The monoisotopic (exact) mass is 190 g/mol. The molecule has 6 heteroatoms. The van der Waals surface area contributed by atoms with E-state index in [1.807, 2.05) is 0 Å². The molecule has 0 rings (SSSR count). The van der Waals surface area contributed by atoms with Gasteiger partial charge in [0.15, 0.2) is 0 Å². The molecule has 0 heterocycles. The number of halogens is 3. The lowest BCUT2D eigenvalue weighted by molar-refractivity contribution is -0.247. The highest BCUT2D eigenvalue weighted by Crippen LogP contribution is 2.22. The van der Waals surface area contributed by atoms with E-state index >= 15 is 0 Å². The number of hydrogen-bond acceptors (Lipinski definition) is 3. The lowest BCUT2D eigenvalue weighted by Crippen LogP contribution is -2.21. The van der Waals surface area contributed by atoms with Crippen LogP contribution in [0.3, 0.4) is 0 Å². The highest BCUT2D eigenvalue weighted by Gasteiger charge is 2.37. The molecule has 0 saturated carbocycles. The first kappa shape index (κ1) is 7.77. The van der Waals surface area contributed by atoms with Crippen molar-refractivity contribution in [1.29, 1.82) is 0 Å². The van der Waals surface area contributed by atoms with Gasteiger partial charge in [-0.3, -0.25) is 4.89 Å². The van der Waals surface area contributed by atoms with Crippen molar-refractivity contribution in [1.82, 2.24) is 0 Å². The zero-order chi connectivity index (χ0) is 6.78. The van der Waals surface area contributed by atoms with E-state index in [1.54, 1.807) is 15.9 Å². The number of alkyl halides is 3. The molecule has 0 spiro atoms. The summed E-state index contributed by atoms with van der Waals surface area (Å²) in [6.45, 7) is 0. The summed E-state index contributed by atoms with van der Waals surface area (Å²) >= 11 is 1.64. The fraction of sp³-hybridized carbons (Fsp3) is 0.500. The molecule has 0 fully saturated rings. The maximum Gasteiger partial charge on any atom is 0.422 e. The predicted octanol–water partition coefficient (Wildman–Crippen LogP) is 0.990. The van der Waals surface area contributed by atoms with Crippen molar-refractivity contribution < 1.29 is 23.7 Å². The van der Waals surface area contributed by atoms with Crippen LogP contribution in [-0.2, 0) is 9.68 Å². The lowest BCUT2D eigenvalue weighted by atomic mass is 10.7. The van der Waals surface area contributed by atoms with Gasteiger partial charge in [0.2, 0.25) is 0 Å². The molecule has 1 N–H and O–H groups in total. The molecule has 8 heavy (non-hydrogen) atoms. The van der Waals surface area contributed by atoms with Gasteiger partial charge >= 0.3 is 10.8 Å². The molecule has 0 aromatic heterocycles. The van der Waals surface area contributed by atoms with Gasteiger partial charge in [0.1, 0.15) is 0 Å². The molecule has 48 valence electrons. The van der Waals surface area contributed by atoms with E-state index in [9.17, 15) is 13.6 Å². The molecular formula is C2HBrF2O3. The molecule has 0 aliphatic heterocycles. The average molecular weight is 191 g/mol. The fourth-order valence-electron chi connectivity index (χ4n) is 0.0518. The standard InChI is InChI=1S/C2HBrF2O3/c3-2(4,5)1(6)8-7/h7H. The molecule has 3 nitrogen and oxygen atoms in total.